The van der Waals surface area contributed by atoms with E-state index in [9.17, 15) is 0 Å². The predicted molar refractivity (Wildman–Crippen MR) is 60.7 cm³/mol. The van der Waals surface area contributed by atoms with Crippen molar-refractivity contribution in [3.8, 4) is 0 Å². The first-order chi connectivity index (χ1) is 6.86. The molecule has 0 aromatic heterocycles. The molecular weight excluding hydrogens is 196 g/mol. The molecule has 0 saturated carbocycles. The third-order valence-electron chi connectivity index (χ3n) is 3.06. The second-order valence-corrected chi connectivity index (χ2v) is 5.45. The van der Waals surface area contributed by atoms with Gasteiger partial charge in [0.2, 0.25) is 0 Å². The molecule has 2 N–H and O–H groups in total. The summed E-state index contributed by atoms with van der Waals surface area (Å²) in [5, 5.41) is 0. The summed E-state index contributed by atoms with van der Waals surface area (Å²) in [6.45, 7) is 5.24. The number of hydrogen-bond acceptors (Lipinski definition) is 4. The third-order valence-corrected chi connectivity index (χ3v) is 4.10. The van der Waals surface area contributed by atoms with Crippen LogP contribution in [0.3, 0.4) is 0 Å². The van der Waals surface area contributed by atoms with Gasteiger partial charge in [-0.1, -0.05) is 0 Å². The number of thioether (sulfide) groups is 1. The van der Waals surface area contributed by atoms with Crippen LogP contribution in [0.5, 0.6) is 0 Å². The molecule has 2 saturated heterocycles. The van der Waals surface area contributed by atoms with E-state index < -0.39 is 0 Å². The van der Waals surface area contributed by atoms with Gasteiger partial charge in [0.05, 0.1) is 13.2 Å². The SMILES string of the molecule is NC1COCC1CN1CCCSCC1. The molecule has 0 amide bonds. The average Bonchev–Trinajstić information content (AvgIpc) is 2.44. The summed E-state index contributed by atoms with van der Waals surface area (Å²) >= 11 is 2.07. The summed E-state index contributed by atoms with van der Waals surface area (Å²) in [5.41, 5.74) is 5.98. The van der Waals surface area contributed by atoms with Crippen LogP contribution in [0.1, 0.15) is 6.42 Å². The van der Waals surface area contributed by atoms with E-state index in [1.54, 1.807) is 0 Å². The molecule has 2 rings (SSSR count). The molecule has 2 unspecified atom stereocenters. The van der Waals surface area contributed by atoms with Crippen LogP contribution >= 0.6 is 11.8 Å². The Morgan fingerprint density at radius 2 is 2.21 bits per heavy atom. The Kier molecular flexibility index (Phi) is 4.10. The average molecular weight is 216 g/mol. The molecule has 0 aliphatic carbocycles. The van der Waals surface area contributed by atoms with Crippen LogP contribution in [0.25, 0.3) is 0 Å². The molecule has 3 nitrogen and oxygen atoms in total. The fourth-order valence-electron chi connectivity index (χ4n) is 2.12. The third kappa shape index (κ3) is 2.86. The highest BCUT2D eigenvalue weighted by atomic mass is 32.2. The maximum absolute atomic E-state index is 5.98. The van der Waals surface area contributed by atoms with E-state index in [1.807, 2.05) is 0 Å². The van der Waals surface area contributed by atoms with Crippen molar-refractivity contribution in [1.29, 1.82) is 0 Å². The maximum Gasteiger partial charge on any atom is 0.0621 e. The van der Waals surface area contributed by atoms with Crippen LogP contribution in [0.2, 0.25) is 0 Å². The molecule has 82 valence electrons. The Hall–Kier alpha value is 0.230. The van der Waals surface area contributed by atoms with Gasteiger partial charge < -0.3 is 15.4 Å². The molecule has 2 atom stereocenters. The summed E-state index contributed by atoms with van der Waals surface area (Å²) in [7, 11) is 0. The molecule has 0 radical (unpaired) electrons. The number of ether oxygens (including phenoxy) is 1. The van der Waals surface area contributed by atoms with E-state index in [0.29, 0.717) is 5.92 Å². The second-order valence-electron chi connectivity index (χ2n) is 4.23. The Balaban J connectivity index is 1.77. The largest absolute Gasteiger partial charge is 0.379 e. The highest BCUT2D eigenvalue weighted by Crippen LogP contribution is 2.16. The highest BCUT2D eigenvalue weighted by molar-refractivity contribution is 7.99. The summed E-state index contributed by atoms with van der Waals surface area (Å²) in [6.07, 6.45) is 1.33. The van der Waals surface area contributed by atoms with Gasteiger partial charge in [0, 0.05) is 30.8 Å². The highest BCUT2D eigenvalue weighted by Gasteiger charge is 2.26. The minimum atomic E-state index is 0.269. The molecule has 0 aromatic carbocycles. The molecule has 0 spiro atoms. The predicted octanol–water partition coefficient (Wildman–Crippen LogP) is 0.399. The summed E-state index contributed by atoms with van der Waals surface area (Å²) in [5.74, 6) is 3.17. The van der Waals surface area contributed by atoms with Crippen LogP contribution in [0.15, 0.2) is 0 Å². The van der Waals surface area contributed by atoms with Crippen LogP contribution in [-0.2, 0) is 4.74 Å². The van der Waals surface area contributed by atoms with Crippen molar-refractivity contribution in [3.63, 3.8) is 0 Å². The monoisotopic (exact) mass is 216 g/mol. The first-order valence-electron chi connectivity index (χ1n) is 5.49. The van der Waals surface area contributed by atoms with E-state index in [1.165, 1.54) is 31.0 Å². The fraction of sp³-hybridized carbons (Fsp3) is 1.00. The van der Waals surface area contributed by atoms with Crippen molar-refractivity contribution < 1.29 is 4.74 Å². The molecule has 2 aliphatic heterocycles. The van der Waals surface area contributed by atoms with Crippen LogP contribution in [0, 0.1) is 5.92 Å². The summed E-state index contributed by atoms with van der Waals surface area (Å²) in [4.78, 5) is 2.55. The maximum atomic E-state index is 5.98. The van der Waals surface area contributed by atoms with Crippen LogP contribution in [-0.4, -0.2) is 55.3 Å². The zero-order chi connectivity index (χ0) is 9.80. The fourth-order valence-corrected chi connectivity index (χ4v) is 3.04. The second kappa shape index (κ2) is 5.35. The molecule has 2 fully saturated rings. The molecule has 2 heterocycles. The van der Waals surface area contributed by atoms with Crippen molar-refractivity contribution in [2.75, 3.05) is 44.4 Å². The van der Waals surface area contributed by atoms with E-state index >= 15 is 0 Å². The topological polar surface area (TPSA) is 38.5 Å². The number of hydrogen-bond donors (Lipinski definition) is 1. The zero-order valence-corrected chi connectivity index (χ0v) is 9.47. The lowest BCUT2D eigenvalue weighted by Gasteiger charge is -2.24. The Morgan fingerprint density at radius 3 is 3.00 bits per heavy atom. The quantitative estimate of drug-likeness (QED) is 0.725. The number of nitrogens with two attached hydrogens (primary N) is 1. The van der Waals surface area contributed by atoms with Crippen molar-refractivity contribution in [1.82, 2.24) is 4.90 Å². The molecule has 4 heteroatoms. The minimum absolute atomic E-state index is 0.269. The number of rotatable bonds is 2. The van der Waals surface area contributed by atoms with Crippen molar-refractivity contribution in [2.24, 2.45) is 11.7 Å². The Bertz CT molecular complexity index is 172. The molecule has 0 aromatic rings. The minimum Gasteiger partial charge on any atom is -0.379 e. The van der Waals surface area contributed by atoms with Gasteiger partial charge in [-0.05, 0) is 18.7 Å². The van der Waals surface area contributed by atoms with E-state index in [-0.39, 0.29) is 6.04 Å². The van der Waals surface area contributed by atoms with Gasteiger partial charge in [-0.15, -0.1) is 0 Å². The standard InChI is InChI=1S/C10H20N2OS/c11-10-8-13-7-9(10)6-12-2-1-4-14-5-3-12/h9-10H,1-8,11H2. The van der Waals surface area contributed by atoms with E-state index in [0.717, 1.165) is 19.8 Å². The van der Waals surface area contributed by atoms with Crippen molar-refractivity contribution >= 4 is 11.8 Å². The van der Waals surface area contributed by atoms with Gasteiger partial charge in [-0.25, -0.2) is 0 Å². The molecule has 0 bridgehead atoms. The van der Waals surface area contributed by atoms with Crippen molar-refractivity contribution in [3.05, 3.63) is 0 Å². The van der Waals surface area contributed by atoms with Gasteiger partial charge >= 0.3 is 0 Å². The van der Waals surface area contributed by atoms with E-state index in [4.69, 9.17) is 10.5 Å². The van der Waals surface area contributed by atoms with Gasteiger partial charge in [-0.3, -0.25) is 0 Å². The zero-order valence-electron chi connectivity index (χ0n) is 8.65. The Morgan fingerprint density at radius 1 is 1.29 bits per heavy atom. The molecule has 2 aliphatic rings. The normalized spacial score (nSPS) is 35.8. The number of nitrogens with zero attached hydrogens (tertiary/aromatic N) is 1. The smallest absolute Gasteiger partial charge is 0.0621 e. The van der Waals surface area contributed by atoms with Gasteiger partial charge in [-0.2, -0.15) is 11.8 Å². The Labute approximate surface area is 90.3 Å². The lowest BCUT2D eigenvalue weighted by Crippen LogP contribution is -2.39. The summed E-state index contributed by atoms with van der Waals surface area (Å²) < 4.78 is 5.39. The lowest BCUT2D eigenvalue weighted by molar-refractivity contribution is 0.169. The summed E-state index contributed by atoms with van der Waals surface area (Å²) in [6, 6.07) is 0.269. The first-order valence-corrected chi connectivity index (χ1v) is 6.65. The first kappa shape index (κ1) is 10.7. The van der Waals surface area contributed by atoms with Gasteiger partial charge in [0.25, 0.3) is 0 Å². The van der Waals surface area contributed by atoms with Crippen LogP contribution in [0.4, 0.5) is 0 Å². The van der Waals surface area contributed by atoms with Crippen molar-refractivity contribution in [2.45, 2.75) is 12.5 Å². The van der Waals surface area contributed by atoms with E-state index in [2.05, 4.69) is 16.7 Å². The van der Waals surface area contributed by atoms with Gasteiger partial charge in [0.15, 0.2) is 0 Å². The molecular formula is C10H20N2OS. The van der Waals surface area contributed by atoms with Gasteiger partial charge in [0.1, 0.15) is 0 Å². The van der Waals surface area contributed by atoms with Crippen LogP contribution < -0.4 is 5.73 Å². The lowest BCUT2D eigenvalue weighted by atomic mass is 10.0. The molecule has 14 heavy (non-hydrogen) atoms.